The lowest BCUT2D eigenvalue weighted by Gasteiger charge is -2.20. The Hall–Kier alpha value is -1.97. The molecule has 1 aliphatic rings. The third-order valence-corrected chi connectivity index (χ3v) is 8.60. The molecule has 0 unspecified atom stereocenters. The number of hydrogen-bond acceptors (Lipinski definition) is 7. The molecule has 2 aromatic rings. The number of benzene rings is 1. The number of pyridine rings is 1. The van der Waals surface area contributed by atoms with Gasteiger partial charge in [-0.05, 0) is 43.3 Å². The Labute approximate surface area is 159 Å². The number of hydrogen-bond donors (Lipinski definition) is 1. The number of aromatic nitrogens is 1. The van der Waals surface area contributed by atoms with Crippen molar-refractivity contribution in [3.05, 3.63) is 54.4 Å². The van der Waals surface area contributed by atoms with Gasteiger partial charge in [-0.15, -0.1) is 0 Å². The first-order valence-corrected chi connectivity index (χ1v) is 12.0. The lowest BCUT2D eigenvalue weighted by atomic mass is 10.2. The molecule has 3 rings (SSSR count). The Morgan fingerprint density at radius 2 is 1.89 bits per heavy atom. The van der Waals surface area contributed by atoms with Crippen LogP contribution in [0.25, 0.3) is 0 Å². The van der Waals surface area contributed by atoms with Crippen LogP contribution in [0.5, 0.6) is 5.75 Å². The van der Waals surface area contributed by atoms with Gasteiger partial charge in [-0.2, -0.15) is 0 Å². The minimum absolute atomic E-state index is 0.0951. The molecule has 1 N–H and O–H groups in total. The number of ether oxygens (including phenoxy) is 1. The molecule has 7 nitrogen and oxygen atoms in total. The van der Waals surface area contributed by atoms with Crippen molar-refractivity contribution in [2.45, 2.75) is 29.7 Å². The largest absolute Gasteiger partial charge is 0.494 e. The van der Waals surface area contributed by atoms with Gasteiger partial charge in [0.05, 0.1) is 34.0 Å². The topological polar surface area (TPSA) is 102 Å². The molecule has 1 fully saturated rings. The van der Waals surface area contributed by atoms with Crippen molar-refractivity contribution in [3.63, 3.8) is 0 Å². The highest BCUT2D eigenvalue weighted by Crippen LogP contribution is 2.27. The number of nitrogens with one attached hydrogen (secondary N) is 1. The van der Waals surface area contributed by atoms with Gasteiger partial charge in [0.1, 0.15) is 5.75 Å². The highest BCUT2D eigenvalue weighted by molar-refractivity contribution is 7.96. The fourth-order valence-corrected chi connectivity index (χ4v) is 7.83. The quantitative estimate of drug-likeness (QED) is 0.732. The van der Waals surface area contributed by atoms with Crippen LogP contribution in [-0.4, -0.2) is 51.2 Å². The molecular weight excluding hydrogens is 388 g/mol. The van der Waals surface area contributed by atoms with E-state index in [1.165, 1.54) is 12.1 Å². The second-order valence-electron chi connectivity index (χ2n) is 6.37. The van der Waals surface area contributed by atoms with Crippen LogP contribution in [0, 0.1) is 0 Å². The van der Waals surface area contributed by atoms with Gasteiger partial charge in [0.2, 0.25) is 0 Å². The normalized spacial score (nSPS) is 21.8. The fraction of sp³-hybridized carbons (Fsp3) is 0.389. The Kier molecular flexibility index (Phi) is 5.83. The molecule has 1 aromatic heterocycles. The van der Waals surface area contributed by atoms with Crippen LogP contribution in [0.4, 0.5) is 0 Å². The van der Waals surface area contributed by atoms with E-state index in [2.05, 4.69) is 10.3 Å². The molecule has 0 radical (unpaired) electrons. The monoisotopic (exact) mass is 410 g/mol. The summed E-state index contributed by atoms with van der Waals surface area (Å²) in [6.07, 6.45) is 1.64. The second-order valence-corrected chi connectivity index (χ2v) is 10.7. The third kappa shape index (κ3) is 4.66. The standard InChI is InChI=1S/C18H22N2O5S2/c1-2-25-15-6-8-16(9-7-15)27(23,24)18-13-26(21,22)12-17(18)20-11-14-5-3-4-10-19-14/h3-10,17-18,20H,2,11-13H2,1H3/t17-,18-/m0/s1. The maximum Gasteiger partial charge on any atom is 0.183 e. The number of rotatable bonds is 7. The zero-order valence-electron chi connectivity index (χ0n) is 14.9. The van der Waals surface area contributed by atoms with Crippen molar-refractivity contribution in [2.75, 3.05) is 18.1 Å². The van der Waals surface area contributed by atoms with Crippen molar-refractivity contribution in [1.29, 1.82) is 0 Å². The van der Waals surface area contributed by atoms with Crippen LogP contribution in [0.2, 0.25) is 0 Å². The predicted molar refractivity (Wildman–Crippen MR) is 102 cm³/mol. The highest BCUT2D eigenvalue weighted by atomic mass is 32.2. The Morgan fingerprint density at radius 3 is 2.52 bits per heavy atom. The summed E-state index contributed by atoms with van der Waals surface area (Å²) >= 11 is 0. The minimum Gasteiger partial charge on any atom is -0.494 e. The van der Waals surface area contributed by atoms with Crippen LogP contribution in [0.15, 0.2) is 53.6 Å². The lowest BCUT2D eigenvalue weighted by Crippen LogP contribution is -2.43. The zero-order valence-corrected chi connectivity index (χ0v) is 16.5. The molecule has 0 bridgehead atoms. The zero-order chi connectivity index (χ0) is 19.5. The second kappa shape index (κ2) is 7.95. The number of sulfone groups is 2. The molecular formula is C18H22N2O5S2. The van der Waals surface area contributed by atoms with Crippen LogP contribution in [-0.2, 0) is 26.2 Å². The third-order valence-electron chi connectivity index (χ3n) is 4.43. The summed E-state index contributed by atoms with van der Waals surface area (Å²) in [5.74, 6) is -0.0243. The summed E-state index contributed by atoms with van der Waals surface area (Å²) in [7, 11) is -7.26. The molecule has 0 amide bonds. The molecule has 2 atom stereocenters. The minimum atomic E-state index is -3.81. The van der Waals surface area contributed by atoms with E-state index in [0.717, 1.165) is 5.69 Å². The molecule has 1 saturated heterocycles. The van der Waals surface area contributed by atoms with Crippen molar-refractivity contribution in [1.82, 2.24) is 10.3 Å². The molecule has 0 spiro atoms. The van der Waals surface area contributed by atoms with E-state index in [9.17, 15) is 16.8 Å². The van der Waals surface area contributed by atoms with E-state index in [1.54, 1.807) is 30.5 Å². The van der Waals surface area contributed by atoms with Crippen molar-refractivity contribution < 1.29 is 21.6 Å². The van der Waals surface area contributed by atoms with Gasteiger partial charge in [-0.25, -0.2) is 16.8 Å². The SMILES string of the molecule is CCOc1ccc(S(=O)(=O)[C@H]2CS(=O)(=O)C[C@@H]2NCc2ccccn2)cc1. The molecule has 1 aromatic carbocycles. The van der Waals surface area contributed by atoms with E-state index in [-0.39, 0.29) is 16.4 Å². The van der Waals surface area contributed by atoms with Gasteiger partial charge in [0, 0.05) is 18.8 Å². The predicted octanol–water partition coefficient (Wildman–Crippen LogP) is 1.21. The summed E-state index contributed by atoms with van der Waals surface area (Å²) < 4.78 is 55.7. The van der Waals surface area contributed by atoms with Crippen molar-refractivity contribution in [2.24, 2.45) is 0 Å². The van der Waals surface area contributed by atoms with Crippen LogP contribution in [0.3, 0.4) is 0 Å². The summed E-state index contributed by atoms with van der Waals surface area (Å²) in [6.45, 7) is 2.62. The smallest absolute Gasteiger partial charge is 0.183 e. The summed E-state index contributed by atoms with van der Waals surface area (Å²) in [5, 5.41) is 2.03. The van der Waals surface area contributed by atoms with Crippen LogP contribution >= 0.6 is 0 Å². The molecule has 9 heteroatoms. The average molecular weight is 411 g/mol. The summed E-state index contributed by atoms with van der Waals surface area (Å²) in [5.41, 5.74) is 0.721. The first-order valence-electron chi connectivity index (χ1n) is 8.62. The maximum atomic E-state index is 13.1. The molecule has 27 heavy (non-hydrogen) atoms. The lowest BCUT2D eigenvalue weighted by molar-refractivity contribution is 0.340. The average Bonchev–Trinajstić information content (AvgIpc) is 2.97. The van der Waals surface area contributed by atoms with Gasteiger partial charge in [-0.3, -0.25) is 4.98 Å². The first kappa shape index (κ1) is 19.8. The van der Waals surface area contributed by atoms with Crippen molar-refractivity contribution in [3.8, 4) is 5.75 Å². The van der Waals surface area contributed by atoms with Gasteiger partial charge >= 0.3 is 0 Å². The molecule has 1 aliphatic heterocycles. The molecule has 2 heterocycles. The summed E-state index contributed by atoms with van der Waals surface area (Å²) in [6, 6.07) is 10.8. The van der Waals surface area contributed by atoms with Gasteiger partial charge in [0.25, 0.3) is 0 Å². The summed E-state index contributed by atoms with van der Waals surface area (Å²) in [4.78, 5) is 4.27. The Bertz CT molecular complexity index is 974. The number of nitrogens with zero attached hydrogens (tertiary/aromatic N) is 1. The van der Waals surface area contributed by atoms with Crippen molar-refractivity contribution >= 4 is 19.7 Å². The van der Waals surface area contributed by atoms with E-state index >= 15 is 0 Å². The Balaban J connectivity index is 1.82. The molecule has 0 aliphatic carbocycles. The van der Waals surface area contributed by atoms with Gasteiger partial charge < -0.3 is 10.1 Å². The van der Waals surface area contributed by atoms with E-state index < -0.39 is 31.0 Å². The highest BCUT2D eigenvalue weighted by Gasteiger charge is 2.45. The van der Waals surface area contributed by atoms with E-state index in [4.69, 9.17) is 4.74 Å². The van der Waals surface area contributed by atoms with Gasteiger partial charge in [-0.1, -0.05) is 6.07 Å². The first-order chi connectivity index (χ1) is 12.8. The molecule has 0 saturated carbocycles. The van der Waals surface area contributed by atoms with Gasteiger partial charge in [0.15, 0.2) is 19.7 Å². The Morgan fingerprint density at radius 1 is 1.15 bits per heavy atom. The molecule has 146 valence electrons. The fourth-order valence-electron chi connectivity index (χ4n) is 3.12. The van der Waals surface area contributed by atoms with Crippen LogP contribution < -0.4 is 10.1 Å². The van der Waals surface area contributed by atoms with E-state index in [0.29, 0.717) is 18.9 Å². The van der Waals surface area contributed by atoms with Crippen LogP contribution in [0.1, 0.15) is 12.6 Å². The van der Waals surface area contributed by atoms with E-state index in [1.807, 2.05) is 13.0 Å². The maximum absolute atomic E-state index is 13.1.